The fourth-order valence-electron chi connectivity index (χ4n) is 2.71. The van der Waals surface area contributed by atoms with Crippen LogP contribution < -0.4 is 11.1 Å². The molecule has 120 valence electrons. The first-order valence-electron chi connectivity index (χ1n) is 7.60. The number of rotatable bonds is 4. The highest BCUT2D eigenvalue weighted by Crippen LogP contribution is 2.26. The number of likely N-dealkylation sites (tertiary alicyclic amines) is 1. The van der Waals surface area contributed by atoms with Gasteiger partial charge in [-0.2, -0.15) is 0 Å². The van der Waals surface area contributed by atoms with E-state index in [2.05, 4.69) is 25.3 Å². The molecule has 8 nitrogen and oxygen atoms in total. The number of hydrogen-bond donors (Lipinski definition) is 2. The highest BCUT2D eigenvalue weighted by Gasteiger charge is 2.25. The van der Waals surface area contributed by atoms with Gasteiger partial charge in [0.2, 0.25) is 11.9 Å². The van der Waals surface area contributed by atoms with Crippen molar-refractivity contribution in [3.05, 3.63) is 36.5 Å². The van der Waals surface area contributed by atoms with Crippen molar-refractivity contribution in [2.75, 3.05) is 25.0 Å². The second-order valence-corrected chi connectivity index (χ2v) is 5.40. The lowest BCUT2D eigenvalue weighted by Crippen LogP contribution is -2.42. The van der Waals surface area contributed by atoms with Crippen LogP contribution in [0.4, 0.5) is 11.8 Å². The number of carbonyl (C=O) groups is 1. The van der Waals surface area contributed by atoms with E-state index in [0.29, 0.717) is 18.3 Å². The number of anilines is 2. The highest BCUT2D eigenvalue weighted by molar-refractivity contribution is 5.78. The molecule has 1 aliphatic rings. The SMILES string of the molecule is NCC(=O)N1CCC[C@@H](c2ccnc(Nc3cnccn3)n2)C1. The third-order valence-corrected chi connectivity index (χ3v) is 3.85. The van der Waals surface area contributed by atoms with E-state index < -0.39 is 0 Å². The molecular formula is C15H19N7O. The van der Waals surface area contributed by atoms with Crippen LogP contribution in [0.1, 0.15) is 24.5 Å². The molecule has 0 radical (unpaired) electrons. The minimum Gasteiger partial charge on any atom is -0.341 e. The first kappa shape index (κ1) is 15.3. The summed E-state index contributed by atoms with van der Waals surface area (Å²) in [6.07, 6.45) is 8.48. The summed E-state index contributed by atoms with van der Waals surface area (Å²) in [5.41, 5.74) is 6.37. The fraction of sp³-hybridized carbons (Fsp3) is 0.400. The Labute approximate surface area is 134 Å². The summed E-state index contributed by atoms with van der Waals surface area (Å²) >= 11 is 0. The standard InChI is InChI=1S/C15H19N7O/c16-8-14(23)22-7-1-2-11(10-22)12-3-4-19-15(20-12)21-13-9-17-5-6-18-13/h3-6,9,11H,1-2,7-8,10,16H2,(H,18,19,20,21)/t11-/m1/s1. The molecule has 1 amide bonds. The van der Waals surface area contributed by atoms with Crippen LogP contribution in [0.3, 0.4) is 0 Å². The van der Waals surface area contributed by atoms with E-state index in [9.17, 15) is 4.79 Å². The molecular weight excluding hydrogens is 294 g/mol. The van der Waals surface area contributed by atoms with Crippen LogP contribution in [0.5, 0.6) is 0 Å². The molecule has 0 saturated carbocycles. The highest BCUT2D eigenvalue weighted by atomic mass is 16.2. The average molecular weight is 313 g/mol. The average Bonchev–Trinajstić information content (AvgIpc) is 2.62. The van der Waals surface area contributed by atoms with Gasteiger partial charge in [-0.25, -0.2) is 15.0 Å². The monoisotopic (exact) mass is 313 g/mol. The van der Waals surface area contributed by atoms with E-state index in [1.165, 1.54) is 0 Å². The van der Waals surface area contributed by atoms with Gasteiger partial charge in [0, 0.05) is 37.6 Å². The van der Waals surface area contributed by atoms with Gasteiger partial charge < -0.3 is 16.0 Å². The summed E-state index contributed by atoms with van der Waals surface area (Å²) in [7, 11) is 0. The molecule has 0 aliphatic carbocycles. The molecule has 3 heterocycles. The molecule has 0 aromatic carbocycles. The third kappa shape index (κ3) is 3.78. The van der Waals surface area contributed by atoms with Gasteiger partial charge in [-0.1, -0.05) is 0 Å². The lowest BCUT2D eigenvalue weighted by molar-refractivity contribution is -0.130. The van der Waals surface area contributed by atoms with E-state index in [-0.39, 0.29) is 18.4 Å². The van der Waals surface area contributed by atoms with Crippen LogP contribution in [0.25, 0.3) is 0 Å². The van der Waals surface area contributed by atoms with E-state index in [4.69, 9.17) is 5.73 Å². The summed E-state index contributed by atoms with van der Waals surface area (Å²) in [5.74, 6) is 1.25. The maximum atomic E-state index is 11.8. The molecule has 3 N–H and O–H groups in total. The Morgan fingerprint density at radius 3 is 3.04 bits per heavy atom. The van der Waals surface area contributed by atoms with Crippen molar-refractivity contribution in [3.8, 4) is 0 Å². The smallest absolute Gasteiger partial charge is 0.236 e. The molecule has 0 bridgehead atoms. The van der Waals surface area contributed by atoms with Gasteiger partial charge in [0.15, 0.2) is 5.82 Å². The van der Waals surface area contributed by atoms with E-state index in [0.717, 1.165) is 25.1 Å². The first-order chi connectivity index (χ1) is 11.3. The Morgan fingerprint density at radius 1 is 1.35 bits per heavy atom. The zero-order chi connectivity index (χ0) is 16.1. The molecule has 2 aromatic heterocycles. The Balaban J connectivity index is 1.73. The van der Waals surface area contributed by atoms with Crippen molar-refractivity contribution in [2.24, 2.45) is 5.73 Å². The number of nitrogens with two attached hydrogens (primary N) is 1. The van der Waals surface area contributed by atoms with Gasteiger partial charge in [0.05, 0.1) is 18.4 Å². The minimum atomic E-state index is -0.0123. The molecule has 1 fully saturated rings. The van der Waals surface area contributed by atoms with Crippen molar-refractivity contribution < 1.29 is 4.79 Å². The van der Waals surface area contributed by atoms with Gasteiger partial charge in [-0.3, -0.25) is 9.78 Å². The summed E-state index contributed by atoms with van der Waals surface area (Å²) in [6, 6.07) is 1.89. The van der Waals surface area contributed by atoms with Crippen molar-refractivity contribution >= 4 is 17.7 Å². The second-order valence-electron chi connectivity index (χ2n) is 5.40. The zero-order valence-corrected chi connectivity index (χ0v) is 12.7. The van der Waals surface area contributed by atoms with Crippen LogP contribution >= 0.6 is 0 Å². The van der Waals surface area contributed by atoms with Crippen molar-refractivity contribution in [3.63, 3.8) is 0 Å². The van der Waals surface area contributed by atoms with Crippen molar-refractivity contribution in [2.45, 2.75) is 18.8 Å². The molecule has 23 heavy (non-hydrogen) atoms. The number of nitrogens with one attached hydrogen (secondary N) is 1. The Morgan fingerprint density at radius 2 is 2.26 bits per heavy atom. The van der Waals surface area contributed by atoms with Gasteiger partial charge >= 0.3 is 0 Å². The minimum absolute atomic E-state index is 0.0123. The summed E-state index contributed by atoms with van der Waals surface area (Å²) in [4.78, 5) is 30.5. The number of hydrogen-bond acceptors (Lipinski definition) is 7. The van der Waals surface area contributed by atoms with Crippen LogP contribution in [-0.4, -0.2) is 50.4 Å². The lowest BCUT2D eigenvalue weighted by Gasteiger charge is -2.32. The summed E-state index contributed by atoms with van der Waals surface area (Å²) in [5, 5.41) is 3.03. The number of carbonyl (C=O) groups excluding carboxylic acids is 1. The molecule has 1 atom stereocenters. The van der Waals surface area contributed by atoms with Crippen molar-refractivity contribution in [1.82, 2.24) is 24.8 Å². The Hall–Kier alpha value is -2.61. The van der Waals surface area contributed by atoms with Gasteiger partial charge in [-0.15, -0.1) is 0 Å². The molecule has 0 unspecified atom stereocenters. The molecule has 3 rings (SSSR count). The topological polar surface area (TPSA) is 110 Å². The quantitative estimate of drug-likeness (QED) is 0.853. The molecule has 0 spiro atoms. The number of amides is 1. The van der Waals surface area contributed by atoms with Crippen LogP contribution in [0.15, 0.2) is 30.9 Å². The maximum Gasteiger partial charge on any atom is 0.236 e. The third-order valence-electron chi connectivity index (χ3n) is 3.85. The van der Waals surface area contributed by atoms with Crippen LogP contribution in [0.2, 0.25) is 0 Å². The maximum absolute atomic E-state index is 11.8. The normalized spacial score (nSPS) is 17.8. The Kier molecular flexibility index (Phi) is 4.72. The fourth-order valence-corrected chi connectivity index (χ4v) is 2.71. The second kappa shape index (κ2) is 7.10. The molecule has 1 saturated heterocycles. The van der Waals surface area contributed by atoms with Crippen LogP contribution in [-0.2, 0) is 4.79 Å². The van der Waals surface area contributed by atoms with Gasteiger partial charge in [-0.05, 0) is 18.9 Å². The van der Waals surface area contributed by atoms with E-state index in [1.54, 1.807) is 24.8 Å². The predicted molar refractivity (Wildman–Crippen MR) is 85.0 cm³/mol. The van der Waals surface area contributed by atoms with E-state index >= 15 is 0 Å². The number of aromatic nitrogens is 4. The first-order valence-corrected chi connectivity index (χ1v) is 7.60. The largest absolute Gasteiger partial charge is 0.341 e. The van der Waals surface area contributed by atoms with Gasteiger partial charge in [0.25, 0.3) is 0 Å². The number of nitrogens with zero attached hydrogens (tertiary/aromatic N) is 5. The molecule has 8 heteroatoms. The zero-order valence-electron chi connectivity index (χ0n) is 12.7. The van der Waals surface area contributed by atoms with Crippen LogP contribution in [0, 0.1) is 0 Å². The van der Waals surface area contributed by atoms with Crippen molar-refractivity contribution in [1.29, 1.82) is 0 Å². The molecule has 2 aromatic rings. The van der Waals surface area contributed by atoms with E-state index in [1.807, 2.05) is 11.0 Å². The summed E-state index contributed by atoms with van der Waals surface area (Å²) < 4.78 is 0. The molecule has 1 aliphatic heterocycles. The van der Waals surface area contributed by atoms with Gasteiger partial charge in [0.1, 0.15) is 0 Å². The Bertz CT molecular complexity index is 664. The number of piperidine rings is 1. The predicted octanol–water partition coefficient (Wildman–Crippen LogP) is 0.675. The lowest BCUT2D eigenvalue weighted by atomic mass is 9.94. The summed E-state index contributed by atoms with van der Waals surface area (Å²) in [6.45, 7) is 1.47.